The van der Waals surface area contributed by atoms with Crippen molar-refractivity contribution in [2.45, 2.75) is 18.7 Å². The second-order valence-corrected chi connectivity index (χ2v) is 7.27. The Balaban J connectivity index is 2.48. The van der Waals surface area contributed by atoms with E-state index in [1.54, 1.807) is 26.0 Å². The standard InChI is InChI=1S/C14H14BrFN2O2S/c1-8-5-12(17)9(2)14(6-8)21(19,20)18-13-4-3-10(15)7-11(13)16/h3-7,18H,17H2,1-2H3. The molecule has 0 saturated heterocycles. The van der Waals surface area contributed by atoms with Gasteiger partial charge in [0.1, 0.15) is 5.82 Å². The zero-order valence-electron chi connectivity index (χ0n) is 11.4. The molecule has 0 aliphatic carbocycles. The minimum atomic E-state index is -3.91. The Labute approximate surface area is 131 Å². The maximum Gasteiger partial charge on any atom is 0.262 e. The van der Waals surface area contributed by atoms with Gasteiger partial charge in [0.25, 0.3) is 10.0 Å². The number of halogens is 2. The number of anilines is 2. The molecular weight excluding hydrogens is 359 g/mol. The van der Waals surface area contributed by atoms with Crippen molar-refractivity contribution in [3.05, 3.63) is 51.7 Å². The third-order valence-electron chi connectivity index (χ3n) is 3.01. The highest BCUT2D eigenvalue weighted by molar-refractivity contribution is 9.10. The third-order valence-corrected chi connectivity index (χ3v) is 4.99. The van der Waals surface area contributed by atoms with E-state index in [0.29, 0.717) is 15.7 Å². The van der Waals surface area contributed by atoms with Crippen molar-refractivity contribution in [2.24, 2.45) is 0 Å². The van der Waals surface area contributed by atoms with Crippen LogP contribution >= 0.6 is 15.9 Å². The summed E-state index contributed by atoms with van der Waals surface area (Å²) < 4.78 is 41.4. The van der Waals surface area contributed by atoms with Crippen molar-refractivity contribution in [1.82, 2.24) is 0 Å². The minimum Gasteiger partial charge on any atom is -0.398 e. The molecule has 2 aromatic carbocycles. The van der Waals surface area contributed by atoms with Crippen molar-refractivity contribution in [3.8, 4) is 0 Å². The van der Waals surface area contributed by atoms with Crippen molar-refractivity contribution < 1.29 is 12.8 Å². The van der Waals surface area contributed by atoms with Crippen molar-refractivity contribution in [3.63, 3.8) is 0 Å². The first-order valence-corrected chi connectivity index (χ1v) is 8.33. The minimum absolute atomic E-state index is 0.0438. The topological polar surface area (TPSA) is 72.2 Å². The van der Waals surface area contributed by atoms with E-state index in [2.05, 4.69) is 20.7 Å². The molecule has 0 amide bonds. The van der Waals surface area contributed by atoms with Gasteiger partial charge in [0, 0.05) is 10.2 Å². The zero-order chi connectivity index (χ0) is 15.8. The van der Waals surface area contributed by atoms with Gasteiger partial charge in [-0.2, -0.15) is 0 Å². The molecular formula is C14H14BrFN2O2S. The zero-order valence-corrected chi connectivity index (χ0v) is 13.8. The molecule has 2 aromatic rings. The van der Waals surface area contributed by atoms with Gasteiger partial charge in [-0.3, -0.25) is 4.72 Å². The average Bonchev–Trinajstić information content (AvgIpc) is 2.37. The molecule has 4 nitrogen and oxygen atoms in total. The number of rotatable bonds is 3. The van der Waals surface area contributed by atoms with Crippen LogP contribution in [0.15, 0.2) is 39.7 Å². The van der Waals surface area contributed by atoms with E-state index >= 15 is 0 Å². The van der Waals surface area contributed by atoms with Crippen molar-refractivity contribution >= 4 is 37.3 Å². The van der Waals surface area contributed by atoms with E-state index in [-0.39, 0.29) is 10.6 Å². The molecule has 21 heavy (non-hydrogen) atoms. The maximum atomic E-state index is 13.8. The van der Waals surface area contributed by atoms with Crippen LogP contribution in [0.3, 0.4) is 0 Å². The number of nitrogen functional groups attached to an aromatic ring is 1. The lowest BCUT2D eigenvalue weighted by molar-refractivity contribution is 0.598. The number of benzene rings is 2. The summed E-state index contributed by atoms with van der Waals surface area (Å²) in [5.74, 6) is -0.661. The smallest absolute Gasteiger partial charge is 0.262 e. The molecule has 0 heterocycles. The van der Waals surface area contributed by atoms with Gasteiger partial charge in [0.15, 0.2) is 0 Å². The fraction of sp³-hybridized carbons (Fsp3) is 0.143. The van der Waals surface area contributed by atoms with Crippen molar-refractivity contribution in [1.29, 1.82) is 0 Å². The highest BCUT2D eigenvalue weighted by Gasteiger charge is 2.20. The van der Waals surface area contributed by atoms with Gasteiger partial charge in [0.2, 0.25) is 0 Å². The summed E-state index contributed by atoms with van der Waals surface area (Å²) >= 11 is 3.12. The van der Waals surface area contributed by atoms with Crippen LogP contribution in [0.4, 0.5) is 15.8 Å². The molecule has 0 radical (unpaired) electrons. The van der Waals surface area contributed by atoms with E-state index in [1.165, 1.54) is 18.2 Å². The highest BCUT2D eigenvalue weighted by atomic mass is 79.9. The SMILES string of the molecule is Cc1cc(N)c(C)c(S(=O)(=O)Nc2ccc(Br)cc2F)c1. The number of aryl methyl sites for hydroxylation is 1. The molecule has 0 aliphatic heterocycles. The second kappa shape index (κ2) is 5.65. The lowest BCUT2D eigenvalue weighted by Gasteiger charge is -2.13. The predicted octanol–water partition coefficient (Wildman–Crippen LogP) is 3.59. The lowest BCUT2D eigenvalue weighted by Crippen LogP contribution is -2.16. The van der Waals surface area contributed by atoms with Gasteiger partial charge in [0.05, 0.1) is 10.6 Å². The number of hydrogen-bond donors (Lipinski definition) is 2. The molecule has 0 saturated carbocycles. The maximum absolute atomic E-state index is 13.8. The molecule has 0 bridgehead atoms. The Kier molecular flexibility index (Phi) is 4.25. The number of nitrogens with one attached hydrogen (secondary N) is 1. The molecule has 0 atom stereocenters. The molecule has 0 spiro atoms. The van der Waals surface area contributed by atoms with E-state index in [1.807, 2.05) is 0 Å². The number of sulfonamides is 1. The first-order chi connectivity index (χ1) is 9.70. The first kappa shape index (κ1) is 15.8. The summed E-state index contributed by atoms with van der Waals surface area (Å²) in [5.41, 5.74) is 7.21. The Morgan fingerprint density at radius 1 is 1.19 bits per heavy atom. The van der Waals surface area contributed by atoms with Crippen LogP contribution in [0.2, 0.25) is 0 Å². The van der Waals surface area contributed by atoms with E-state index in [0.717, 1.165) is 5.56 Å². The molecule has 3 N–H and O–H groups in total. The highest BCUT2D eigenvalue weighted by Crippen LogP contribution is 2.27. The predicted molar refractivity (Wildman–Crippen MR) is 85.2 cm³/mol. The summed E-state index contributed by atoms with van der Waals surface area (Å²) in [6.07, 6.45) is 0. The summed E-state index contributed by atoms with van der Waals surface area (Å²) in [4.78, 5) is 0.0438. The van der Waals surface area contributed by atoms with Gasteiger partial charge in [-0.05, 0) is 55.3 Å². The first-order valence-electron chi connectivity index (χ1n) is 6.05. The molecule has 7 heteroatoms. The lowest BCUT2D eigenvalue weighted by atomic mass is 10.1. The van der Waals surface area contributed by atoms with Gasteiger partial charge in [-0.25, -0.2) is 12.8 Å². The van der Waals surface area contributed by atoms with Crippen LogP contribution in [0, 0.1) is 19.7 Å². The Morgan fingerprint density at radius 2 is 1.86 bits per heavy atom. The fourth-order valence-corrected chi connectivity index (χ4v) is 3.66. The van der Waals surface area contributed by atoms with Crippen LogP contribution < -0.4 is 10.5 Å². The largest absolute Gasteiger partial charge is 0.398 e. The van der Waals surface area contributed by atoms with E-state index in [4.69, 9.17) is 5.73 Å². The van der Waals surface area contributed by atoms with Crippen LogP contribution in [-0.2, 0) is 10.0 Å². The van der Waals surface area contributed by atoms with Crippen LogP contribution in [-0.4, -0.2) is 8.42 Å². The molecule has 2 rings (SSSR count). The normalized spacial score (nSPS) is 11.4. The third kappa shape index (κ3) is 3.36. The molecule has 112 valence electrons. The van der Waals surface area contributed by atoms with E-state index in [9.17, 15) is 12.8 Å². The molecule has 0 fully saturated rings. The molecule has 0 aromatic heterocycles. The van der Waals surface area contributed by atoms with Crippen molar-refractivity contribution in [2.75, 3.05) is 10.5 Å². The molecule has 0 unspecified atom stereocenters. The van der Waals surface area contributed by atoms with Crippen LogP contribution in [0.25, 0.3) is 0 Å². The summed E-state index contributed by atoms with van der Waals surface area (Å²) in [6, 6.07) is 7.29. The van der Waals surface area contributed by atoms with Crippen LogP contribution in [0.5, 0.6) is 0 Å². The number of nitrogens with two attached hydrogens (primary N) is 1. The van der Waals surface area contributed by atoms with Gasteiger partial charge >= 0.3 is 0 Å². The second-order valence-electron chi connectivity index (χ2n) is 4.71. The van der Waals surface area contributed by atoms with Crippen LogP contribution in [0.1, 0.15) is 11.1 Å². The Bertz CT molecular complexity index is 807. The summed E-state index contributed by atoms with van der Waals surface area (Å²) in [6.45, 7) is 3.36. The monoisotopic (exact) mass is 372 g/mol. The quantitative estimate of drug-likeness (QED) is 0.808. The van der Waals surface area contributed by atoms with Gasteiger partial charge in [-0.1, -0.05) is 15.9 Å². The molecule has 0 aliphatic rings. The Hall–Kier alpha value is -1.60. The Morgan fingerprint density at radius 3 is 2.48 bits per heavy atom. The summed E-state index contributed by atoms with van der Waals surface area (Å²) in [5, 5.41) is 0. The fourth-order valence-electron chi connectivity index (χ4n) is 1.90. The summed E-state index contributed by atoms with van der Waals surface area (Å²) in [7, 11) is -3.91. The number of hydrogen-bond acceptors (Lipinski definition) is 3. The van der Waals surface area contributed by atoms with E-state index < -0.39 is 15.8 Å². The average molecular weight is 373 g/mol. The van der Waals surface area contributed by atoms with Gasteiger partial charge < -0.3 is 5.73 Å². The van der Waals surface area contributed by atoms with Gasteiger partial charge in [-0.15, -0.1) is 0 Å².